The Kier molecular flexibility index (Phi) is 6.16. The van der Waals surface area contributed by atoms with Gasteiger partial charge in [-0.1, -0.05) is 0 Å². The monoisotopic (exact) mass is 410 g/mol. The molecule has 1 aliphatic heterocycles. The molecular formula is C22H29F3N2O2. The Labute approximate surface area is 169 Å². The highest BCUT2D eigenvalue weighted by molar-refractivity contribution is 5.81. The number of benzene rings is 1. The number of nitrogens with zero attached hydrogens (tertiary/aromatic N) is 1. The summed E-state index contributed by atoms with van der Waals surface area (Å²) in [5.41, 5.74) is 6.16. The van der Waals surface area contributed by atoms with Crippen molar-refractivity contribution in [3.63, 3.8) is 0 Å². The molecule has 2 saturated carbocycles. The number of amides is 1. The van der Waals surface area contributed by atoms with Gasteiger partial charge in [-0.3, -0.25) is 4.79 Å². The maximum Gasteiger partial charge on any atom is 0.226 e. The van der Waals surface area contributed by atoms with E-state index in [4.69, 9.17) is 10.5 Å². The molecule has 2 unspecified atom stereocenters. The smallest absolute Gasteiger partial charge is 0.226 e. The number of rotatable bonds is 5. The van der Waals surface area contributed by atoms with Crippen LogP contribution in [0.1, 0.15) is 62.8 Å². The number of nitrogens with two attached hydrogens (primary N) is 1. The lowest BCUT2D eigenvalue weighted by molar-refractivity contribution is -0.139. The first kappa shape index (κ1) is 20.7. The van der Waals surface area contributed by atoms with E-state index in [-0.39, 0.29) is 41.5 Å². The van der Waals surface area contributed by atoms with Gasteiger partial charge in [0.15, 0.2) is 11.6 Å². The van der Waals surface area contributed by atoms with Crippen LogP contribution in [0.25, 0.3) is 0 Å². The Morgan fingerprint density at radius 3 is 2.41 bits per heavy atom. The van der Waals surface area contributed by atoms with Gasteiger partial charge < -0.3 is 15.4 Å². The van der Waals surface area contributed by atoms with Crippen LogP contribution < -0.4 is 5.73 Å². The van der Waals surface area contributed by atoms with Crippen LogP contribution in [-0.4, -0.2) is 42.1 Å². The minimum Gasteiger partial charge on any atom is -0.376 e. The molecule has 4 nitrogen and oxygen atoms in total. The molecule has 0 bridgehead atoms. The zero-order valence-electron chi connectivity index (χ0n) is 16.6. The lowest BCUT2D eigenvalue weighted by Crippen LogP contribution is -2.57. The van der Waals surface area contributed by atoms with Gasteiger partial charge in [0.1, 0.15) is 5.82 Å². The molecule has 1 amide bonds. The van der Waals surface area contributed by atoms with Crippen LogP contribution in [0.15, 0.2) is 12.1 Å². The van der Waals surface area contributed by atoms with Crippen LogP contribution in [0.5, 0.6) is 0 Å². The molecule has 2 aliphatic carbocycles. The highest BCUT2D eigenvalue weighted by Gasteiger charge is 2.40. The Balaban J connectivity index is 1.32. The minimum atomic E-state index is -1.07. The molecule has 1 aromatic carbocycles. The predicted molar refractivity (Wildman–Crippen MR) is 103 cm³/mol. The van der Waals surface area contributed by atoms with E-state index in [9.17, 15) is 18.0 Å². The average Bonchev–Trinajstić information content (AvgIpc) is 3.56. The second-order valence-electron chi connectivity index (χ2n) is 8.74. The zero-order chi connectivity index (χ0) is 20.5. The van der Waals surface area contributed by atoms with E-state index in [0.717, 1.165) is 44.4 Å². The largest absolute Gasteiger partial charge is 0.376 e. The van der Waals surface area contributed by atoms with Crippen LogP contribution in [0, 0.1) is 23.4 Å². The van der Waals surface area contributed by atoms with Gasteiger partial charge in [0.2, 0.25) is 5.91 Å². The third-order valence-corrected chi connectivity index (χ3v) is 6.71. The van der Waals surface area contributed by atoms with Crippen molar-refractivity contribution in [3.05, 3.63) is 35.1 Å². The molecular weight excluding hydrogens is 381 g/mol. The summed E-state index contributed by atoms with van der Waals surface area (Å²) >= 11 is 0. The van der Waals surface area contributed by atoms with Crippen LogP contribution in [0.3, 0.4) is 0 Å². The van der Waals surface area contributed by atoms with Crippen molar-refractivity contribution >= 4 is 5.91 Å². The molecule has 2 N–H and O–H groups in total. The Morgan fingerprint density at radius 2 is 1.72 bits per heavy atom. The van der Waals surface area contributed by atoms with E-state index in [1.807, 2.05) is 4.90 Å². The molecule has 0 aromatic heterocycles. The molecule has 0 radical (unpaired) electrons. The Morgan fingerprint density at radius 1 is 1.03 bits per heavy atom. The van der Waals surface area contributed by atoms with Gasteiger partial charge in [-0.15, -0.1) is 0 Å². The summed E-state index contributed by atoms with van der Waals surface area (Å²) in [7, 11) is 0. The minimum absolute atomic E-state index is 0.0297. The van der Waals surface area contributed by atoms with E-state index in [0.29, 0.717) is 32.3 Å². The molecule has 0 spiro atoms. The quantitative estimate of drug-likeness (QED) is 0.750. The SMILES string of the molecule is NC1CCCN(C(=O)C2CC2)C1COC1CCC(c2c(F)ccc(F)c2F)CC1. The van der Waals surface area contributed by atoms with E-state index in [1.54, 1.807) is 0 Å². The van der Waals surface area contributed by atoms with Gasteiger partial charge >= 0.3 is 0 Å². The maximum absolute atomic E-state index is 14.1. The lowest BCUT2D eigenvalue weighted by Gasteiger charge is -2.41. The number of halogens is 3. The number of carbonyl (C=O) groups is 1. The first-order chi connectivity index (χ1) is 14.0. The molecule has 29 heavy (non-hydrogen) atoms. The fourth-order valence-electron chi connectivity index (χ4n) is 4.81. The third kappa shape index (κ3) is 4.45. The number of ether oxygens (including phenoxy) is 1. The number of hydrogen-bond donors (Lipinski definition) is 1. The molecule has 2 atom stereocenters. The zero-order valence-corrected chi connectivity index (χ0v) is 16.6. The molecule has 160 valence electrons. The van der Waals surface area contributed by atoms with E-state index in [2.05, 4.69) is 0 Å². The van der Waals surface area contributed by atoms with E-state index in [1.165, 1.54) is 0 Å². The van der Waals surface area contributed by atoms with Crippen molar-refractivity contribution in [1.82, 2.24) is 4.90 Å². The molecule has 7 heteroatoms. The maximum atomic E-state index is 14.1. The summed E-state index contributed by atoms with van der Waals surface area (Å²) in [5.74, 6) is -2.74. The van der Waals surface area contributed by atoms with Gasteiger partial charge in [0.25, 0.3) is 0 Å². The Hall–Kier alpha value is -1.60. The standard InChI is InChI=1S/C22H29F3N2O2/c23-16-9-10-17(24)21(25)20(16)13-5-7-15(8-6-13)29-12-19-18(26)2-1-11-27(19)22(28)14-3-4-14/h9-10,13-15,18-19H,1-8,11-12,26H2. The number of hydrogen-bond acceptors (Lipinski definition) is 3. The van der Waals surface area contributed by atoms with Crippen LogP contribution in [0.2, 0.25) is 0 Å². The van der Waals surface area contributed by atoms with Gasteiger partial charge in [-0.2, -0.15) is 0 Å². The van der Waals surface area contributed by atoms with Crippen LogP contribution >= 0.6 is 0 Å². The molecule has 4 rings (SSSR count). The molecule has 1 saturated heterocycles. The van der Waals surface area contributed by atoms with Crippen LogP contribution in [-0.2, 0) is 9.53 Å². The second kappa shape index (κ2) is 8.64. The number of carbonyl (C=O) groups excluding carboxylic acids is 1. The molecule has 1 aromatic rings. The predicted octanol–water partition coefficient (Wildman–Crippen LogP) is 3.88. The summed E-state index contributed by atoms with van der Waals surface area (Å²) in [6.45, 7) is 1.14. The summed E-state index contributed by atoms with van der Waals surface area (Å²) in [6.07, 6.45) is 6.10. The first-order valence-corrected chi connectivity index (χ1v) is 10.8. The molecule has 3 aliphatic rings. The van der Waals surface area contributed by atoms with Crippen LogP contribution in [0.4, 0.5) is 13.2 Å². The van der Waals surface area contributed by atoms with E-state index < -0.39 is 17.5 Å². The second-order valence-corrected chi connectivity index (χ2v) is 8.74. The van der Waals surface area contributed by atoms with Crippen molar-refractivity contribution in [2.45, 2.75) is 75.5 Å². The molecule has 1 heterocycles. The average molecular weight is 410 g/mol. The summed E-state index contributed by atoms with van der Waals surface area (Å²) in [4.78, 5) is 14.5. The number of likely N-dealkylation sites (tertiary alicyclic amines) is 1. The highest BCUT2D eigenvalue weighted by Crippen LogP contribution is 2.38. The van der Waals surface area contributed by atoms with Crippen molar-refractivity contribution in [2.75, 3.05) is 13.2 Å². The van der Waals surface area contributed by atoms with Crippen molar-refractivity contribution in [3.8, 4) is 0 Å². The fraction of sp³-hybridized carbons (Fsp3) is 0.682. The highest BCUT2D eigenvalue weighted by atomic mass is 19.2. The topological polar surface area (TPSA) is 55.6 Å². The van der Waals surface area contributed by atoms with Crippen molar-refractivity contribution in [1.29, 1.82) is 0 Å². The lowest BCUT2D eigenvalue weighted by atomic mass is 9.82. The molecule has 3 fully saturated rings. The van der Waals surface area contributed by atoms with Gasteiger partial charge in [-0.05, 0) is 69.4 Å². The van der Waals surface area contributed by atoms with Crippen molar-refractivity contribution < 1.29 is 22.7 Å². The van der Waals surface area contributed by atoms with E-state index >= 15 is 0 Å². The normalized spacial score (nSPS) is 30.4. The number of piperidine rings is 1. The Bertz CT molecular complexity index is 748. The van der Waals surface area contributed by atoms with Crippen molar-refractivity contribution in [2.24, 2.45) is 11.7 Å². The summed E-state index contributed by atoms with van der Waals surface area (Å²) in [6, 6.07) is 1.63. The fourth-order valence-corrected chi connectivity index (χ4v) is 4.81. The van der Waals surface area contributed by atoms with Gasteiger partial charge in [0.05, 0.1) is 18.8 Å². The summed E-state index contributed by atoms with van der Waals surface area (Å²) < 4.78 is 47.7. The summed E-state index contributed by atoms with van der Waals surface area (Å²) in [5, 5.41) is 0. The van der Waals surface area contributed by atoms with Gasteiger partial charge in [-0.25, -0.2) is 13.2 Å². The van der Waals surface area contributed by atoms with Gasteiger partial charge in [0, 0.05) is 24.1 Å². The third-order valence-electron chi connectivity index (χ3n) is 6.71. The first-order valence-electron chi connectivity index (χ1n) is 10.8.